The quantitative estimate of drug-likeness (QED) is 0.816. The summed E-state index contributed by atoms with van der Waals surface area (Å²) in [5, 5.41) is 13.8. The fourth-order valence-corrected chi connectivity index (χ4v) is 3.06. The zero-order chi connectivity index (χ0) is 12.4. The van der Waals surface area contributed by atoms with E-state index in [0.717, 1.165) is 17.4 Å². The first-order valence-corrected chi connectivity index (χ1v) is 7.33. The molecule has 94 valence electrons. The number of hydrogen-bond acceptors (Lipinski definition) is 3. The Morgan fingerprint density at radius 3 is 2.61 bits per heavy atom. The number of aromatic nitrogens is 4. The zero-order valence-corrected chi connectivity index (χ0v) is 11.7. The SMILES string of the molecule is BrCC1(Cn2nnc(-c3ccccc3)n2)CCC1. The van der Waals surface area contributed by atoms with Gasteiger partial charge in [-0.25, -0.2) is 0 Å². The normalized spacial score (nSPS) is 17.4. The lowest BCUT2D eigenvalue weighted by Crippen LogP contribution is -2.36. The molecule has 0 saturated heterocycles. The molecule has 1 aliphatic carbocycles. The second kappa shape index (κ2) is 4.80. The maximum Gasteiger partial charge on any atom is 0.204 e. The molecule has 4 nitrogen and oxygen atoms in total. The second-order valence-corrected chi connectivity index (χ2v) is 5.56. The van der Waals surface area contributed by atoms with Crippen LogP contribution in [0.15, 0.2) is 30.3 Å². The Morgan fingerprint density at radius 2 is 2.00 bits per heavy atom. The highest BCUT2D eigenvalue weighted by atomic mass is 79.9. The van der Waals surface area contributed by atoms with Crippen LogP contribution in [0.2, 0.25) is 0 Å². The Kier molecular flexibility index (Phi) is 3.16. The molecule has 0 atom stereocenters. The first-order valence-electron chi connectivity index (χ1n) is 6.21. The van der Waals surface area contributed by atoms with E-state index in [4.69, 9.17) is 0 Å². The van der Waals surface area contributed by atoms with Crippen molar-refractivity contribution in [1.82, 2.24) is 20.2 Å². The molecule has 1 saturated carbocycles. The summed E-state index contributed by atoms with van der Waals surface area (Å²) >= 11 is 3.60. The number of benzene rings is 1. The summed E-state index contributed by atoms with van der Waals surface area (Å²) in [7, 11) is 0. The average molecular weight is 307 g/mol. The van der Waals surface area contributed by atoms with Gasteiger partial charge in [-0.2, -0.15) is 4.80 Å². The molecule has 0 spiro atoms. The summed E-state index contributed by atoms with van der Waals surface area (Å²) in [6.45, 7) is 0.859. The molecule has 1 aliphatic rings. The van der Waals surface area contributed by atoms with Crippen LogP contribution in [0.1, 0.15) is 19.3 Å². The molecule has 0 N–H and O–H groups in total. The van der Waals surface area contributed by atoms with Crippen LogP contribution in [0.25, 0.3) is 11.4 Å². The molecule has 18 heavy (non-hydrogen) atoms. The van der Waals surface area contributed by atoms with E-state index in [0.29, 0.717) is 11.2 Å². The highest BCUT2D eigenvalue weighted by molar-refractivity contribution is 9.09. The summed E-state index contributed by atoms with van der Waals surface area (Å²) in [4.78, 5) is 1.74. The molecule has 0 radical (unpaired) electrons. The average Bonchev–Trinajstić information content (AvgIpc) is 2.83. The molecule has 1 heterocycles. The van der Waals surface area contributed by atoms with E-state index in [1.165, 1.54) is 19.3 Å². The lowest BCUT2D eigenvalue weighted by Gasteiger charge is -2.39. The summed E-state index contributed by atoms with van der Waals surface area (Å²) in [6, 6.07) is 9.97. The number of tetrazole rings is 1. The monoisotopic (exact) mass is 306 g/mol. The summed E-state index contributed by atoms with van der Waals surface area (Å²) in [6.07, 6.45) is 3.81. The third kappa shape index (κ3) is 2.19. The van der Waals surface area contributed by atoms with Crippen molar-refractivity contribution in [3.05, 3.63) is 30.3 Å². The van der Waals surface area contributed by atoms with E-state index in [9.17, 15) is 0 Å². The highest BCUT2D eigenvalue weighted by Gasteiger charge is 2.37. The number of nitrogens with zero attached hydrogens (tertiary/aromatic N) is 4. The first kappa shape index (κ1) is 11.8. The zero-order valence-electron chi connectivity index (χ0n) is 10.1. The minimum Gasteiger partial charge on any atom is -0.163 e. The Balaban J connectivity index is 1.78. The molecule has 2 aromatic rings. The van der Waals surface area contributed by atoms with Crippen LogP contribution in [-0.4, -0.2) is 25.5 Å². The molecule has 0 aliphatic heterocycles. The largest absolute Gasteiger partial charge is 0.204 e. The maximum absolute atomic E-state index is 4.47. The number of halogens is 1. The van der Waals surface area contributed by atoms with Crippen LogP contribution in [-0.2, 0) is 6.54 Å². The van der Waals surface area contributed by atoms with Gasteiger partial charge in [0.15, 0.2) is 0 Å². The third-order valence-electron chi connectivity index (χ3n) is 3.66. The lowest BCUT2D eigenvalue weighted by molar-refractivity contribution is 0.125. The second-order valence-electron chi connectivity index (χ2n) is 5.00. The van der Waals surface area contributed by atoms with E-state index in [2.05, 4.69) is 31.3 Å². The van der Waals surface area contributed by atoms with Gasteiger partial charge in [0.2, 0.25) is 5.82 Å². The molecule has 0 unspecified atom stereocenters. The van der Waals surface area contributed by atoms with Gasteiger partial charge >= 0.3 is 0 Å². The number of hydrogen-bond donors (Lipinski definition) is 0. The van der Waals surface area contributed by atoms with Crippen LogP contribution < -0.4 is 0 Å². The number of alkyl halides is 1. The van der Waals surface area contributed by atoms with E-state index in [1.54, 1.807) is 4.80 Å². The fraction of sp³-hybridized carbons (Fsp3) is 0.462. The predicted octanol–water partition coefficient (Wildman–Crippen LogP) is 2.91. The standard InChI is InChI=1S/C13H15BrN4/c14-9-13(7-4-8-13)10-18-16-12(15-17-18)11-5-2-1-3-6-11/h1-3,5-6H,4,7-10H2. The first-order chi connectivity index (χ1) is 8.81. The van der Waals surface area contributed by atoms with Gasteiger partial charge in [-0.15, -0.1) is 10.2 Å². The lowest BCUT2D eigenvalue weighted by atomic mass is 9.70. The van der Waals surface area contributed by atoms with E-state index < -0.39 is 0 Å². The summed E-state index contributed by atoms with van der Waals surface area (Å²) in [5.41, 5.74) is 1.36. The Morgan fingerprint density at radius 1 is 1.22 bits per heavy atom. The van der Waals surface area contributed by atoms with Crippen molar-refractivity contribution in [3.63, 3.8) is 0 Å². The van der Waals surface area contributed by atoms with Gasteiger partial charge < -0.3 is 0 Å². The van der Waals surface area contributed by atoms with Crippen molar-refractivity contribution < 1.29 is 0 Å². The Bertz CT molecular complexity index is 513. The van der Waals surface area contributed by atoms with Crippen molar-refractivity contribution >= 4 is 15.9 Å². The van der Waals surface area contributed by atoms with E-state index in [1.807, 2.05) is 30.3 Å². The van der Waals surface area contributed by atoms with Gasteiger partial charge in [0.1, 0.15) is 0 Å². The van der Waals surface area contributed by atoms with E-state index in [-0.39, 0.29) is 0 Å². The minimum atomic E-state index is 0.342. The molecular weight excluding hydrogens is 292 g/mol. The molecule has 1 aromatic carbocycles. The van der Waals surface area contributed by atoms with Gasteiger partial charge in [0.05, 0.1) is 6.54 Å². The van der Waals surface area contributed by atoms with Gasteiger partial charge in [-0.3, -0.25) is 0 Å². The van der Waals surface area contributed by atoms with Crippen LogP contribution in [0.3, 0.4) is 0 Å². The number of rotatable bonds is 4. The van der Waals surface area contributed by atoms with Gasteiger partial charge in [-0.05, 0) is 18.1 Å². The Labute approximate surface area is 115 Å². The van der Waals surface area contributed by atoms with Crippen LogP contribution in [0, 0.1) is 5.41 Å². The van der Waals surface area contributed by atoms with Crippen molar-refractivity contribution in [2.24, 2.45) is 5.41 Å². The van der Waals surface area contributed by atoms with Crippen molar-refractivity contribution in [2.75, 3.05) is 5.33 Å². The molecule has 5 heteroatoms. The van der Waals surface area contributed by atoms with Crippen molar-refractivity contribution in [1.29, 1.82) is 0 Å². The molecule has 0 bridgehead atoms. The van der Waals surface area contributed by atoms with Gasteiger partial charge in [-0.1, -0.05) is 52.7 Å². The summed E-state index contributed by atoms with van der Waals surface area (Å²) < 4.78 is 0. The molecule has 1 aromatic heterocycles. The fourth-order valence-electron chi connectivity index (χ4n) is 2.32. The summed E-state index contributed by atoms with van der Waals surface area (Å²) in [5.74, 6) is 0.708. The topological polar surface area (TPSA) is 43.6 Å². The third-order valence-corrected chi connectivity index (χ3v) is 4.85. The molecule has 3 rings (SSSR count). The van der Waals surface area contributed by atoms with Crippen LogP contribution in [0.4, 0.5) is 0 Å². The van der Waals surface area contributed by atoms with Crippen molar-refractivity contribution in [3.8, 4) is 11.4 Å². The van der Waals surface area contributed by atoms with Gasteiger partial charge in [0, 0.05) is 16.3 Å². The van der Waals surface area contributed by atoms with Crippen LogP contribution >= 0.6 is 15.9 Å². The highest BCUT2D eigenvalue weighted by Crippen LogP contribution is 2.43. The predicted molar refractivity (Wildman–Crippen MR) is 73.3 cm³/mol. The minimum absolute atomic E-state index is 0.342. The smallest absolute Gasteiger partial charge is 0.163 e. The Hall–Kier alpha value is -1.23. The maximum atomic E-state index is 4.47. The molecule has 0 amide bonds. The van der Waals surface area contributed by atoms with Crippen LogP contribution in [0.5, 0.6) is 0 Å². The molecular formula is C13H15BrN4. The van der Waals surface area contributed by atoms with Gasteiger partial charge in [0.25, 0.3) is 0 Å². The van der Waals surface area contributed by atoms with Crippen molar-refractivity contribution in [2.45, 2.75) is 25.8 Å². The molecule has 1 fully saturated rings. The van der Waals surface area contributed by atoms with E-state index >= 15 is 0 Å².